The van der Waals surface area contributed by atoms with Crippen LogP contribution in [-0.4, -0.2) is 20.2 Å². The zero-order valence-electron chi connectivity index (χ0n) is 12.5. The van der Waals surface area contributed by atoms with E-state index in [1.807, 2.05) is 0 Å². The van der Waals surface area contributed by atoms with Gasteiger partial charge < -0.3 is 0 Å². The van der Waals surface area contributed by atoms with E-state index in [0.29, 0.717) is 5.56 Å². The minimum atomic E-state index is -3.99. The number of carbonyl (C=O) groups excluding carboxylic acids is 2. The molecule has 0 spiro atoms. The summed E-state index contributed by atoms with van der Waals surface area (Å²) >= 11 is 0. The third-order valence-electron chi connectivity index (χ3n) is 3.16. The molecule has 0 aromatic heterocycles. The fourth-order valence-electron chi connectivity index (χ4n) is 1.95. The number of hydrogen-bond donors (Lipinski definition) is 3. The fourth-order valence-corrected chi connectivity index (χ4v) is 2.75. The Morgan fingerprint density at radius 3 is 2.29 bits per heavy atom. The van der Waals surface area contributed by atoms with Crippen molar-refractivity contribution in [1.82, 2.24) is 10.9 Å². The van der Waals surface area contributed by atoms with Crippen molar-refractivity contribution >= 4 is 21.8 Å². The predicted octanol–water partition coefficient (Wildman–Crippen LogP) is 0.856. The zero-order valence-corrected chi connectivity index (χ0v) is 13.4. The topological polar surface area (TPSA) is 118 Å². The van der Waals surface area contributed by atoms with E-state index in [2.05, 4.69) is 10.9 Å². The van der Waals surface area contributed by atoms with Crippen molar-refractivity contribution in [2.45, 2.75) is 11.8 Å². The summed E-state index contributed by atoms with van der Waals surface area (Å²) in [5.41, 5.74) is 4.24. The van der Waals surface area contributed by atoms with Crippen molar-refractivity contribution in [3.05, 3.63) is 65.0 Å². The molecule has 2 aromatic rings. The van der Waals surface area contributed by atoms with Gasteiger partial charge in [-0.25, -0.2) is 17.9 Å². The molecular formula is C15H14FN3O4S. The Hall–Kier alpha value is -2.78. The lowest BCUT2D eigenvalue weighted by atomic mass is 10.1. The van der Waals surface area contributed by atoms with Gasteiger partial charge in [0.05, 0.1) is 10.5 Å². The van der Waals surface area contributed by atoms with Crippen molar-refractivity contribution in [3.63, 3.8) is 0 Å². The normalized spacial score (nSPS) is 11.0. The zero-order chi connectivity index (χ0) is 17.9. The van der Waals surface area contributed by atoms with Crippen LogP contribution < -0.4 is 16.0 Å². The summed E-state index contributed by atoms with van der Waals surface area (Å²) in [6.07, 6.45) is 0. The van der Waals surface area contributed by atoms with Gasteiger partial charge in [-0.15, -0.1) is 0 Å². The second-order valence-corrected chi connectivity index (χ2v) is 6.44. The summed E-state index contributed by atoms with van der Waals surface area (Å²) in [7, 11) is -3.99. The van der Waals surface area contributed by atoms with E-state index in [4.69, 9.17) is 5.14 Å². The van der Waals surface area contributed by atoms with Crippen LogP contribution in [0.2, 0.25) is 0 Å². The number of amides is 2. The lowest BCUT2D eigenvalue weighted by molar-refractivity contribution is 0.0844. The molecular weight excluding hydrogens is 337 g/mol. The molecule has 2 rings (SSSR count). The molecule has 0 radical (unpaired) electrons. The van der Waals surface area contributed by atoms with Gasteiger partial charge in [-0.2, -0.15) is 0 Å². The number of benzene rings is 2. The van der Waals surface area contributed by atoms with E-state index >= 15 is 0 Å². The molecule has 0 fully saturated rings. The number of halogens is 1. The summed E-state index contributed by atoms with van der Waals surface area (Å²) in [4.78, 5) is 23.6. The molecule has 2 amide bonds. The number of hydrogen-bond acceptors (Lipinski definition) is 4. The second kappa shape index (κ2) is 6.77. The molecule has 7 nitrogen and oxygen atoms in total. The molecule has 0 unspecified atom stereocenters. The van der Waals surface area contributed by atoms with Crippen molar-refractivity contribution in [3.8, 4) is 0 Å². The highest BCUT2D eigenvalue weighted by molar-refractivity contribution is 7.89. The van der Waals surface area contributed by atoms with Crippen LogP contribution in [0.1, 0.15) is 26.3 Å². The van der Waals surface area contributed by atoms with Gasteiger partial charge in [-0.1, -0.05) is 18.2 Å². The Balaban J connectivity index is 2.14. The largest absolute Gasteiger partial charge is 0.272 e. The molecule has 0 bridgehead atoms. The van der Waals surface area contributed by atoms with E-state index in [9.17, 15) is 22.4 Å². The molecule has 0 aliphatic heterocycles. The number of sulfonamides is 1. The Bertz CT molecular complexity index is 913. The predicted molar refractivity (Wildman–Crippen MR) is 83.9 cm³/mol. The maximum Gasteiger partial charge on any atom is 0.272 e. The van der Waals surface area contributed by atoms with Crippen LogP contribution >= 0.6 is 0 Å². The molecule has 0 aliphatic rings. The lowest BCUT2D eigenvalue weighted by Crippen LogP contribution is -2.42. The Morgan fingerprint density at radius 2 is 1.67 bits per heavy atom. The third kappa shape index (κ3) is 3.94. The van der Waals surface area contributed by atoms with E-state index < -0.39 is 27.7 Å². The molecule has 9 heteroatoms. The molecule has 126 valence electrons. The monoisotopic (exact) mass is 351 g/mol. The second-order valence-electron chi connectivity index (χ2n) is 4.91. The fraction of sp³-hybridized carbons (Fsp3) is 0.0667. The molecule has 2 aromatic carbocycles. The molecule has 0 saturated carbocycles. The Morgan fingerprint density at radius 1 is 1.04 bits per heavy atom. The third-order valence-corrected chi connectivity index (χ3v) is 4.22. The highest BCUT2D eigenvalue weighted by Gasteiger charge is 2.16. The number of nitrogens with two attached hydrogens (primary N) is 1. The minimum absolute atomic E-state index is 0.0292. The van der Waals surface area contributed by atoms with Gasteiger partial charge in [0.1, 0.15) is 5.82 Å². The molecule has 0 saturated heterocycles. The summed E-state index contributed by atoms with van der Waals surface area (Å²) < 4.78 is 36.4. The van der Waals surface area contributed by atoms with Gasteiger partial charge in [0, 0.05) is 5.56 Å². The van der Waals surface area contributed by atoms with Crippen molar-refractivity contribution in [2.24, 2.45) is 5.14 Å². The standard InChI is InChI=1S/C15H14FN3O4S/c1-9-6-7-10(8-13(9)24(17,22)23)14(20)18-19-15(21)11-4-2-3-5-12(11)16/h2-8H,1H3,(H,18,20)(H,19,21)(H2,17,22,23). The average molecular weight is 351 g/mol. The van der Waals surface area contributed by atoms with Crippen LogP contribution in [0.4, 0.5) is 4.39 Å². The number of hydrazine groups is 1. The van der Waals surface area contributed by atoms with Gasteiger partial charge in [-0.05, 0) is 36.8 Å². The summed E-state index contributed by atoms with van der Waals surface area (Å²) in [5.74, 6) is -2.36. The van der Waals surface area contributed by atoms with Gasteiger partial charge in [0.25, 0.3) is 11.8 Å². The summed E-state index contributed by atoms with van der Waals surface area (Å²) in [5, 5.41) is 5.07. The van der Waals surface area contributed by atoms with Crippen molar-refractivity contribution < 1.29 is 22.4 Å². The molecule has 24 heavy (non-hydrogen) atoms. The van der Waals surface area contributed by atoms with Gasteiger partial charge >= 0.3 is 0 Å². The first-order chi connectivity index (χ1) is 11.2. The van der Waals surface area contributed by atoms with Crippen LogP contribution in [-0.2, 0) is 10.0 Å². The number of carbonyl (C=O) groups is 2. The van der Waals surface area contributed by atoms with Crippen LogP contribution in [0.3, 0.4) is 0 Å². The highest BCUT2D eigenvalue weighted by Crippen LogP contribution is 2.15. The molecule has 0 heterocycles. The summed E-state index contributed by atoms with van der Waals surface area (Å²) in [6, 6.07) is 9.12. The highest BCUT2D eigenvalue weighted by atomic mass is 32.2. The average Bonchev–Trinajstić information content (AvgIpc) is 2.52. The first-order valence-electron chi connectivity index (χ1n) is 6.69. The van der Waals surface area contributed by atoms with E-state index in [1.165, 1.54) is 37.3 Å². The molecule has 4 N–H and O–H groups in total. The number of nitrogens with one attached hydrogen (secondary N) is 2. The van der Waals surface area contributed by atoms with Crippen LogP contribution in [0.25, 0.3) is 0 Å². The van der Waals surface area contributed by atoms with Crippen LogP contribution in [0.15, 0.2) is 47.4 Å². The van der Waals surface area contributed by atoms with Crippen LogP contribution in [0.5, 0.6) is 0 Å². The van der Waals surface area contributed by atoms with Gasteiger partial charge in [0.2, 0.25) is 10.0 Å². The van der Waals surface area contributed by atoms with Gasteiger partial charge in [0.15, 0.2) is 0 Å². The number of primary sulfonamides is 1. The summed E-state index contributed by atoms with van der Waals surface area (Å²) in [6.45, 7) is 1.53. The maximum absolute atomic E-state index is 13.5. The number of aryl methyl sites for hydroxylation is 1. The van der Waals surface area contributed by atoms with E-state index in [0.717, 1.165) is 12.1 Å². The SMILES string of the molecule is Cc1ccc(C(=O)NNC(=O)c2ccccc2F)cc1S(N)(=O)=O. The quantitative estimate of drug-likeness (QED) is 0.711. The van der Waals surface area contributed by atoms with Crippen molar-refractivity contribution in [2.75, 3.05) is 0 Å². The molecule has 0 aliphatic carbocycles. The van der Waals surface area contributed by atoms with Crippen molar-refractivity contribution in [1.29, 1.82) is 0 Å². The first-order valence-corrected chi connectivity index (χ1v) is 8.23. The van der Waals surface area contributed by atoms with Crippen LogP contribution in [0, 0.1) is 12.7 Å². The Kier molecular flexibility index (Phi) is 4.96. The Labute approximate surface area is 137 Å². The first kappa shape index (κ1) is 17.6. The van der Waals surface area contributed by atoms with E-state index in [1.54, 1.807) is 0 Å². The lowest BCUT2D eigenvalue weighted by Gasteiger charge is -2.10. The minimum Gasteiger partial charge on any atom is -0.267 e. The number of rotatable bonds is 3. The van der Waals surface area contributed by atoms with E-state index in [-0.39, 0.29) is 16.0 Å². The van der Waals surface area contributed by atoms with Gasteiger partial charge in [-0.3, -0.25) is 20.4 Å². The maximum atomic E-state index is 13.5. The smallest absolute Gasteiger partial charge is 0.267 e. The molecule has 0 atom stereocenters.